The number of anilines is 1. The molecule has 0 unspecified atom stereocenters. The van der Waals surface area contributed by atoms with Crippen LogP contribution in [0.3, 0.4) is 0 Å². The number of rotatable bonds is 7. The van der Waals surface area contributed by atoms with E-state index in [-0.39, 0.29) is 11.7 Å². The summed E-state index contributed by atoms with van der Waals surface area (Å²) < 4.78 is 45.2. The third kappa shape index (κ3) is 4.81. The van der Waals surface area contributed by atoms with Crippen LogP contribution in [0.4, 0.5) is 18.9 Å². The summed E-state index contributed by atoms with van der Waals surface area (Å²) in [5, 5.41) is 11.7. The average Bonchev–Trinajstić information content (AvgIpc) is 3.24. The van der Waals surface area contributed by atoms with E-state index in [1.165, 1.54) is 23.9 Å². The number of nitrogens with zero attached hydrogens (tertiary/aromatic N) is 3. The first-order chi connectivity index (χ1) is 13.9. The Morgan fingerprint density at radius 3 is 2.59 bits per heavy atom. The first kappa shape index (κ1) is 19.6. The second kappa shape index (κ2) is 7.94. The molecule has 6 nitrogen and oxygen atoms in total. The van der Waals surface area contributed by atoms with Gasteiger partial charge in [0.15, 0.2) is 5.16 Å². The van der Waals surface area contributed by atoms with Crippen molar-refractivity contribution in [1.82, 2.24) is 14.8 Å². The van der Waals surface area contributed by atoms with Crippen LogP contribution >= 0.6 is 11.8 Å². The van der Waals surface area contributed by atoms with Crippen LogP contribution < -0.4 is 5.32 Å². The van der Waals surface area contributed by atoms with E-state index in [0.717, 1.165) is 36.6 Å². The van der Waals surface area contributed by atoms with Crippen LogP contribution in [0, 0.1) is 0 Å². The molecule has 0 bridgehead atoms. The maximum atomic E-state index is 12.6. The van der Waals surface area contributed by atoms with Crippen molar-refractivity contribution in [2.24, 2.45) is 0 Å². The Kier molecular flexibility index (Phi) is 5.35. The van der Waals surface area contributed by atoms with E-state index >= 15 is 0 Å². The number of nitrogens with one attached hydrogen (secondary N) is 1. The zero-order valence-electron chi connectivity index (χ0n) is 15.1. The highest BCUT2D eigenvalue weighted by Gasteiger charge is 2.31. The molecular weight excluding hydrogens is 405 g/mol. The first-order valence-corrected chi connectivity index (χ1v) is 9.94. The smallest absolute Gasteiger partial charge is 0.416 e. The molecule has 1 saturated carbocycles. The van der Waals surface area contributed by atoms with Gasteiger partial charge in [-0.2, -0.15) is 13.2 Å². The Morgan fingerprint density at radius 1 is 1.21 bits per heavy atom. The average molecular weight is 422 g/mol. The maximum Gasteiger partial charge on any atom is 0.416 e. The molecular formula is C19H17F3N4O2S. The molecule has 1 fully saturated rings. The molecule has 0 radical (unpaired) electrons. The number of aromatic nitrogens is 3. The first-order valence-electron chi connectivity index (χ1n) is 8.95. The monoisotopic (exact) mass is 422 g/mol. The molecule has 1 aliphatic carbocycles. The minimum absolute atomic E-state index is 0.0575. The summed E-state index contributed by atoms with van der Waals surface area (Å²) in [6.45, 7) is 0.481. The van der Waals surface area contributed by atoms with Crippen LogP contribution in [-0.2, 0) is 17.5 Å². The van der Waals surface area contributed by atoms with Gasteiger partial charge in [-0.1, -0.05) is 11.8 Å². The van der Waals surface area contributed by atoms with Gasteiger partial charge < -0.3 is 9.73 Å². The number of furan rings is 1. The summed E-state index contributed by atoms with van der Waals surface area (Å²) in [5.41, 5.74) is -0.456. The fourth-order valence-corrected chi connectivity index (χ4v) is 3.57. The molecule has 0 aliphatic heterocycles. The number of carbonyl (C=O) groups excluding carboxylic acids is 1. The molecule has 1 amide bonds. The van der Waals surface area contributed by atoms with Crippen molar-refractivity contribution in [3.05, 3.63) is 59.8 Å². The lowest BCUT2D eigenvalue weighted by atomic mass is 10.2. The second-order valence-corrected chi connectivity index (χ2v) is 7.64. The van der Waals surface area contributed by atoms with Gasteiger partial charge >= 0.3 is 6.18 Å². The number of carbonyl (C=O) groups is 1. The van der Waals surface area contributed by atoms with Crippen molar-refractivity contribution < 1.29 is 22.4 Å². The molecule has 10 heteroatoms. The zero-order chi connectivity index (χ0) is 20.4. The quantitative estimate of drug-likeness (QED) is 0.566. The number of hydrogen-bond donors (Lipinski definition) is 1. The van der Waals surface area contributed by atoms with E-state index in [1.54, 1.807) is 12.3 Å². The fraction of sp³-hybridized carbons (Fsp3) is 0.316. The molecule has 0 spiro atoms. The van der Waals surface area contributed by atoms with Crippen LogP contribution in [0.15, 0.2) is 52.2 Å². The van der Waals surface area contributed by atoms with E-state index in [9.17, 15) is 18.0 Å². The SMILES string of the molecule is O=C(CSc1nnc(C2CC2)n1Cc1ccco1)Nc1ccc(C(F)(F)F)cc1. The van der Waals surface area contributed by atoms with Gasteiger partial charge in [0.2, 0.25) is 5.91 Å². The second-order valence-electron chi connectivity index (χ2n) is 6.69. The van der Waals surface area contributed by atoms with E-state index in [2.05, 4.69) is 15.5 Å². The Morgan fingerprint density at radius 2 is 1.97 bits per heavy atom. The van der Waals surface area contributed by atoms with Gasteiger partial charge in [-0.05, 0) is 49.2 Å². The summed E-state index contributed by atoms with van der Waals surface area (Å²) in [4.78, 5) is 12.2. The number of amides is 1. The van der Waals surface area contributed by atoms with Crippen molar-refractivity contribution in [1.29, 1.82) is 0 Å². The van der Waals surface area contributed by atoms with Crippen LogP contribution in [0.5, 0.6) is 0 Å². The molecule has 2 aromatic heterocycles. The lowest BCUT2D eigenvalue weighted by Gasteiger charge is -2.10. The van der Waals surface area contributed by atoms with Crippen molar-refractivity contribution in [2.45, 2.75) is 36.6 Å². The van der Waals surface area contributed by atoms with E-state index < -0.39 is 11.7 Å². The summed E-state index contributed by atoms with van der Waals surface area (Å²) in [7, 11) is 0. The van der Waals surface area contributed by atoms with Gasteiger partial charge in [0.1, 0.15) is 11.6 Å². The number of halogens is 3. The van der Waals surface area contributed by atoms with Gasteiger partial charge in [-0.3, -0.25) is 9.36 Å². The van der Waals surface area contributed by atoms with Crippen molar-refractivity contribution in [2.75, 3.05) is 11.1 Å². The van der Waals surface area contributed by atoms with Crippen LogP contribution in [0.1, 0.15) is 35.9 Å². The van der Waals surface area contributed by atoms with Gasteiger partial charge in [0.25, 0.3) is 0 Å². The molecule has 1 N–H and O–H groups in total. The Balaban J connectivity index is 1.39. The van der Waals surface area contributed by atoms with Crippen molar-refractivity contribution in [3.8, 4) is 0 Å². The summed E-state index contributed by atoms with van der Waals surface area (Å²) in [6, 6.07) is 8.00. The number of hydrogen-bond acceptors (Lipinski definition) is 5. The van der Waals surface area contributed by atoms with Crippen LogP contribution in [0.2, 0.25) is 0 Å². The Hall–Kier alpha value is -2.75. The highest BCUT2D eigenvalue weighted by molar-refractivity contribution is 7.99. The summed E-state index contributed by atoms with van der Waals surface area (Å²) in [6.07, 6.45) is -0.679. The van der Waals surface area contributed by atoms with E-state index in [0.29, 0.717) is 23.3 Å². The fourth-order valence-electron chi connectivity index (χ4n) is 2.83. The summed E-state index contributed by atoms with van der Waals surface area (Å²) >= 11 is 1.23. The molecule has 0 saturated heterocycles. The standard InChI is InChI=1S/C19H17F3N4O2S/c20-19(21,22)13-5-7-14(8-6-13)23-16(27)11-29-18-25-24-17(12-3-4-12)26(18)10-15-2-1-9-28-15/h1-2,5-9,12H,3-4,10-11H2,(H,23,27). The molecule has 2 heterocycles. The molecule has 1 aliphatic rings. The molecule has 152 valence electrons. The Labute approximate surface area is 168 Å². The largest absolute Gasteiger partial charge is 0.467 e. The van der Waals surface area contributed by atoms with Crippen molar-refractivity contribution >= 4 is 23.4 Å². The van der Waals surface area contributed by atoms with Crippen LogP contribution in [-0.4, -0.2) is 26.4 Å². The third-order valence-corrected chi connectivity index (χ3v) is 5.38. The molecule has 1 aromatic carbocycles. The molecule has 29 heavy (non-hydrogen) atoms. The van der Waals surface area contributed by atoms with E-state index in [4.69, 9.17) is 4.42 Å². The Bertz CT molecular complexity index is 980. The predicted molar refractivity (Wildman–Crippen MR) is 101 cm³/mol. The lowest BCUT2D eigenvalue weighted by Crippen LogP contribution is -2.15. The molecule has 4 rings (SSSR count). The highest BCUT2D eigenvalue weighted by atomic mass is 32.2. The number of benzene rings is 1. The predicted octanol–water partition coefficient (Wildman–Crippen LogP) is 4.55. The minimum Gasteiger partial charge on any atom is -0.467 e. The van der Waals surface area contributed by atoms with Gasteiger partial charge in [0.05, 0.1) is 24.1 Å². The third-order valence-electron chi connectivity index (χ3n) is 4.41. The van der Waals surface area contributed by atoms with Gasteiger partial charge in [-0.25, -0.2) is 0 Å². The zero-order valence-corrected chi connectivity index (χ0v) is 16.0. The summed E-state index contributed by atoms with van der Waals surface area (Å²) in [5.74, 6) is 1.75. The molecule has 0 atom stereocenters. The topological polar surface area (TPSA) is 73.0 Å². The maximum absolute atomic E-state index is 12.6. The van der Waals surface area contributed by atoms with Crippen LogP contribution in [0.25, 0.3) is 0 Å². The normalized spacial score (nSPS) is 14.2. The number of thioether (sulfide) groups is 1. The minimum atomic E-state index is -4.41. The van der Waals surface area contributed by atoms with Gasteiger partial charge in [-0.15, -0.1) is 10.2 Å². The lowest BCUT2D eigenvalue weighted by molar-refractivity contribution is -0.137. The molecule has 3 aromatic rings. The number of alkyl halides is 3. The van der Waals surface area contributed by atoms with Crippen molar-refractivity contribution in [3.63, 3.8) is 0 Å². The highest BCUT2D eigenvalue weighted by Crippen LogP contribution is 2.40. The van der Waals surface area contributed by atoms with Gasteiger partial charge in [0, 0.05) is 11.6 Å². The van der Waals surface area contributed by atoms with E-state index in [1.807, 2.05) is 10.6 Å².